The summed E-state index contributed by atoms with van der Waals surface area (Å²) in [7, 11) is 1.70. The monoisotopic (exact) mass is 375 g/mol. The van der Waals surface area contributed by atoms with Crippen molar-refractivity contribution in [2.75, 3.05) is 13.6 Å². The Morgan fingerprint density at radius 3 is 2.33 bits per heavy atom. The van der Waals surface area contributed by atoms with E-state index in [2.05, 4.69) is 5.32 Å². The topological polar surface area (TPSA) is 71.4 Å². The van der Waals surface area contributed by atoms with Gasteiger partial charge in [0.15, 0.2) is 0 Å². The van der Waals surface area contributed by atoms with Crippen LogP contribution in [0.3, 0.4) is 0 Å². The van der Waals surface area contributed by atoms with Crippen LogP contribution in [0, 0.1) is 5.92 Å². The fourth-order valence-electron chi connectivity index (χ4n) is 3.56. The molecule has 2 rings (SSSR count). The lowest BCUT2D eigenvalue weighted by Gasteiger charge is -2.22. The first-order chi connectivity index (χ1) is 12.7. The van der Waals surface area contributed by atoms with Gasteiger partial charge in [0.1, 0.15) is 11.1 Å². The molecule has 1 saturated carbocycles. The summed E-state index contributed by atoms with van der Waals surface area (Å²) < 4.78 is 1.91. The summed E-state index contributed by atoms with van der Waals surface area (Å²) in [4.78, 5) is 40.1. The maximum absolute atomic E-state index is 13.0. The normalized spacial score (nSPS) is 15.8. The summed E-state index contributed by atoms with van der Waals surface area (Å²) in [6.07, 6.45) is 8.32. The number of nitrogens with zero attached hydrogens (tertiary/aromatic N) is 2. The second kappa shape index (κ2) is 9.20. The van der Waals surface area contributed by atoms with Gasteiger partial charge < -0.3 is 14.8 Å². The molecule has 6 heteroatoms. The van der Waals surface area contributed by atoms with Gasteiger partial charge in [0.25, 0.3) is 11.8 Å². The van der Waals surface area contributed by atoms with Crippen LogP contribution in [0.15, 0.2) is 17.2 Å². The molecule has 0 bridgehead atoms. The Hall–Kier alpha value is -2.11. The molecular formula is C21H33N3O3. The van der Waals surface area contributed by atoms with Gasteiger partial charge in [-0.1, -0.05) is 33.6 Å². The molecule has 27 heavy (non-hydrogen) atoms. The highest BCUT2D eigenvalue weighted by Gasteiger charge is 2.25. The minimum Gasteiger partial charge on any atom is -0.349 e. The van der Waals surface area contributed by atoms with Crippen molar-refractivity contribution in [2.45, 2.75) is 71.9 Å². The number of hydrogen-bond acceptors (Lipinski definition) is 3. The van der Waals surface area contributed by atoms with E-state index in [1.807, 2.05) is 32.3 Å². The van der Waals surface area contributed by atoms with Crippen LogP contribution in [0.2, 0.25) is 0 Å². The highest BCUT2D eigenvalue weighted by Crippen LogP contribution is 2.29. The number of amides is 2. The molecule has 1 N–H and O–H groups in total. The minimum absolute atomic E-state index is 0.0280. The van der Waals surface area contributed by atoms with Crippen LogP contribution in [-0.4, -0.2) is 40.9 Å². The van der Waals surface area contributed by atoms with Gasteiger partial charge in [0.05, 0.1) is 0 Å². The number of hydrogen-bond donors (Lipinski definition) is 1. The Kier molecular flexibility index (Phi) is 7.22. The molecule has 1 atom stereocenters. The van der Waals surface area contributed by atoms with Gasteiger partial charge in [-0.2, -0.15) is 0 Å². The van der Waals surface area contributed by atoms with Gasteiger partial charge in [-0.25, -0.2) is 0 Å². The average Bonchev–Trinajstić information content (AvgIpc) is 3.15. The zero-order valence-electron chi connectivity index (χ0n) is 17.2. The van der Waals surface area contributed by atoms with E-state index in [1.54, 1.807) is 24.3 Å². The summed E-state index contributed by atoms with van der Waals surface area (Å²) >= 11 is 0. The molecule has 1 aromatic heterocycles. The second-order valence-electron chi connectivity index (χ2n) is 8.16. The van der Waals surface area contributed by atoms with Crippen molar-refractivity contribution in [3.05, 3.63) is 33.7 Å². The van der Waals surface area contributed by atoms with Crippen molar-refractivity contribution < 1.29 is 9.59 Å². The summed E-state index contributed by atoms with van der Waals surface area (Å²) in [5, 5.41) is 2.85. The van der Waals surface area contributed by atoms with Crippen LogP contribution in [0.4, 0.5) is 0 Å². The van der Waals surface area contributed by atoms with E-state index in [0.29, 0.717) is 12.5 Å². The lowest BCUT2D eigenvalue weighted by atomic mass is 10.1. The molecule has 1 aliphatic carbocycles. The van der Waals surface area contributed by atoms with Crippen molar-refractivity contribution in [1.29, 1.82) is 0 Å². The van der Waals surface area contributed by atoms with E-state index in [1.165, 1.54) is 0 Å². The summed E-state index contributed by atoms with van der Waals surface area (Å²) in [6.45, 7) is 8.49. The standard InChI is InChI=1S/C21H33N3O3/c1-6-15(4)22-20(26)17-12-24(16-9-7-8-10-16)13-18(19(17)25)21(27)23(5)11-14(2)3/h12-16H,6-11H2,1-5H3,(H,22,26)/t15-/m0/s1. The Balaban J connectivity index is 2.46. The predicted molar refractivity (Wildman–Crippen MR) is 107 cm³/mol. The fourth-order valence-corrected chi connectivity index (χ4v) is 3.56. The lowest BCUT2D eigenvalue weighted by molar-refractivity contribution is 0.0776. The second-order valence-corrected chi connectivity index (χ2v) is 8.16. The third-order valence-corrected chi connectivity index (χ3v) is 5.24. The Morgan fingerprint density at radius 2 is 1.78 bits per heavy atom. The Labute approximate surface area is 161 Å². The highest BCUT2D eigenvalue weighted by molar-refractivity contribution is 5.99. The Bertz CT molecular complexity index is 733. The number of aromatic nitrogens is 1. The van der Waals surface area contributed by atoms with Gasteiger partial charge in [0.2, 0.25) is 5.43 Å². The SMILES string of the molecule is CC[C@H](C)NC(=O)c1cn(C2CCCC2)cc(C(=O)N(C)CC(C)C)c1=O. The van der Waals surface area contributed by atoms with E-state index >= 15 is 0 Å². The van der Waals surface area contributed by atoms with Crippen LogP contribution < -0.4 is 10.7 Å². The van der Waals surface area contributed by atoms with E-state index in [9.17, 15) is 14.4 Å². The van der Waals surface area contributed by atoms with Crippen molar-refractivity contribution in [3.8, 4) is 0 Å². The molecule has 1 aromatic rings. The highest BCUT2D eigenvalue weighted by atomic mass is 16.2. The van der Waals surface area contributed by atoms with Gasteiger partial charge in [-0.05, 0) is 32.1 Å². The van der Waals surface area contributed by atoms with Gasteiger partial charge >= 0.3 is 0 Å². The van der Waals surface area contributed by atoms with Crippen LogP contribution in [0.25, 0.3) is 0 Å². The first kappa shape index (κ1) is 21.2. The smallest absolute Gasteiger partial charge is 0.259 e. The molecule has 0 aromatic carbocycles. The molecule has 0 unspecified atom stereocenters. The summed E-state index contributed by atoms with van der Waals surface area (Å²) in [5.41, 5.74) is -0.335. The first-order valence-electron chi connectivity index (χ1n) is 10.1. The summed E-state index contributed by atoms with van der Waals surface area (Å²) in [6, 6.07) is 0.211. The molecule has 0 spiro atoms. The largest absolute Gasteiger partial charge is 0.349 e. The molecule has 2 amide bonds. The zero-order valence-corrected chi connectivity index (χ0v) is 17.2. The van der Waals surface area contributed by atoms with Crippen molar-refractivity contribution >= 4 is 11.8 Å². The maximum Gasteiger partial charge on any atom is 0.259 e. The molecule has 1 heterocycles. The van der Waals surface area contributed by atoms with Crippen LogP contribution in [0.1, 0.15) is 86.6 Å². The quantitative estimate of drug-likeness (QED) is 0.795. The van der Waals surface area contributed by atoms with Crippen LogP contribution in [0.5, 0.6) is 0 Å². The van der Waals surface area contributed by atoms with Crippen molar-refractivity contribution in [3.63, 3.8) is 0 Å². The Morgan fingerprint density at radius 1 is 1.19 bits per heavy atom. The number of nitrogens with one attached hydrogen (secondary N) is 1. The number of carbonyl (C=O) groups is 2. The van der Waals surface area contributed by atoms with Gasteiger partial charge in [-0.3, -0.25) is 14.4 Å². The van der Waals surface area contributed by atoms with Gasteiger partial charge in [0, 0.05) is 38.1 Å². The molecular weight excluding hydrogens is 342 g/mol. The zero-order chi connectivity index (χ0) is 20.1. The predicted octanol–water partition coefficient (Wildman–Crippen LogP) is 3.22. The lowest BCUT2D eigenvalue weighted by Crippen LogP contribution is -2.39. The number of rotatable bonds is 7. The van der Waals surface area contributed by atoms with E-state index in [-0.39, 0.29) is 29.1 Å². The third kappa shape index (κ3) is 5.21. The average molecular weight is 376 g/mol. The first-order valence-corrected chi connectivity index (χ1v) is 10.1. The van der Waals surface area contributed by atoms with Gasteiger partial charge in [-0.15, -0.1) is 0 Å². The third-order valence-electron chi connectivity index (χ3n) is 5.24. The van der Waals surface area contributed by atoms with Crippen molar-refractivity contribution in [2.24, 2.45) is 5.92 Å². The molecule has 150 valence electrons. The molecule has 0 aliphatic heterocycles. The molecule has 6 nitrogen and oxygen atoms in total. The minimum atomic E-state index is -0.481. The van der Waals surface area contributed by atoms with E-state index in [4.69, 9.17) is 0 Å². The fraction of sp³-hybridized carbons (Fsp3) is 0.667. The molecule has 0 radical (unpaired) electrons. The molecule has 1 fully saturated rings. The molecule has 1 aliphatic rings. The van der Waals surface area contributed by atoms with E-state index < -0.39 is 11.3 Å². The number of carbonyl (C=O) groups excluding carboxylic acids is 2. The maximum atomic E-state index is 13.0. The van der Waals surface area contributed by atoms with Crippen molar-refractivity contribution in [1.82, 2.24) is 14.8 Å². The summed E-state index contributed by atoms with van der Waals surface area (Å²) in [5.74, 6) is -0.422. The van der Waals surface area contributed by atoms with Crippen LogP contribution >= 0.6 is 0 Å². The van der Waals surface area contributed by atoms with Crippen LogP contribution in [-0.2, 0) is 0 Å². The number of pyridine rings is 1. The molecule has 0 saturated heterocycles. The van der Waals surface area contributed by atoms with E-state index in [0.717, 1.165) is 32.1 Å².